The van der Waals surface area contributed by atoms with Crippen molar-refractivity contribution >= 4 is 12.6 Å². The van der Waals surface area contributed by atoms with E-state index in [1.54, 1.807) is 6.08 Å². The molecule has 0 aliphatic heterocycles. The van der Waals surface area contributed by atoms with Crippen molar-refractivity contribution in [1.82, 2.24) is 0 Å². The Hall–Kier alpha value is -0.690. The van der Waals surface area contributed by atoms with Crippen molar-refractivity contribution in [2.45, 2.75) is 6.92 Å². The molecule has 0 amide bonds. The monoisotopic (exact) mass is 152 g/mol. The minimum absolute atomic E-state index is 0.910. The van der Waals surface area contributed by atoms with Crippen molar-refractivity contribution < 1.29 is 0 Å². The van der Waals surface area contributed by atoms with Gasteiger partial charge in [-0.05, 0) is 19.1 Å². The lowest BCUT2D eigenvalue weighted by Gasteiger charge is -1.82. The molecular weight excluding hydrogens is 140 g/mol. The second-order valence-corrected chi connectivity index (χ2v) is 2.23. The number of thiol groups is 1. The first-order valence-corrected chi connectivity index (χ1v) is 3.57. The first-order valence-electron chi connectivity index (χ1n) is 3.12. The molecule has 0 nitrogen and oxygen atoms in total. The summed E-state index contributed by atoms with van der Waals surface area (Å²) < 4.78 is 0. The van der Waals surface area contributed by atoms with E-state index in [0.717, 1.165) is 4.91 Å². The van der Waals surface area contributed by atoms with Crippen LogP contribution in [0.4, 0.5) is 0 Å². The average molecular weight is 152 g/mol. The van der Waals surface area contributed by atoms with Gasteiger partial charge in [-0.25, -0.2) is 0 Å². The summed E-state index contributed by atoms with van der Waals surface area (Å²) in [6.45, 7) is 5.52. The lowest BCUT2D eigenvalue weighted by molar-refractivity contribution is 1.73. The molecule has 0 unspecified atom stereocenters. The van der Waals surface area contributed by atoms with Gasteiger partial charge in [0, 0.05) is 4.91 Å². The molecule has 0 N–H and O–H groups in total. The van der Waals surface area contributed by atoms with E-state index in [4.69, 9.17) is 0 Å². The van der Waals surface area contributed by atoms with Crippen LogP contribution >= 0.6 is 12.6 Å². The summed E-state index contributed by atoms with van der Waals surface area (Å²) in [6, 6.07) is 0. The topological polar surface area (TPSA) is 0 Å². The molecule has 54 valence electrons. The zero-order valence-electron chi connectivity index (χ0n) is 6.12. The zero-order valence-corrected chi connectivity index (χ0v) is 7.01. The molecule has 0 bridgehead atoms. The fraction of sp³-hybridized carbons (Fsp3) is 0.111. The molecule has 0 saturated heterocycles. The highest BCUT2D eigenvalue weighted by molar-refractivity contribution is 7.84. The van der Waals surface area contributed by atoms with Gasteiger partial charge in [-0.2, -0.15) is 0 Å². The van der Waals surface area contributed by atoms with Gasteiger partial charge >= 0.3 is 0 Å². The molecule has 0 saturated carbocycles. The van der Waals surface area contributed by atoms with Crippen molar-refractivity contribution in [3.8, 4) is 0 Å². The Labute approximate surface area is 68.1 Å². The van der Waals surface area contributed by atoms with Crippen molar-refractivity contribution in [2.24, 2.45) is 0 Å². The van der Waals surface area contributed by atoms with Gasteiger partial charge in [0.25, 0.3) is 0 Å². The minimum Gasteiger partial charge on any atom is -0.143 e. The number of hydrogen-bond acceptors (Lipinski definition) is 1. The Bertz CT molecular complexity index is 173. The predicted octanol–water partition coefficient (Wildman–Crippen LogP) is 3.12. The van der Waals surface area contributed by atoms with Crippen molar-refractivity contribution in [3.05, 3.63) is 47.9 Å². The SMILES string of the molecule is C=C\C=C(S)/C=C\C=C/C. The molecule has 0 aromatic carbocycles. The molecule has 0 rings (SSSR count). The quantitative estimate of drug-likeness (QED) is 0.466. The molecule has 0 aromatic heterocycles. The van der Waals surface area contributed by atoms with Crippen LogP contribution in [0.2, 0.25) is 0 Å². The maximum absolute atomic E-state index is 4.15. The average Bonchev–Trinajstić information content (AvgIpc) is 1.89. The van der Waals surface area contributed by atoms with E-state index in [1.165, 1.54) is 0 Å². The molecule has 0 heterocycles. The second-order valence-electron chi connectivity index (χ2n) is 1.71. The van der Waals surface area contributed by atoms with Gasteiger partial charge in [-0.3, -0.25) is 0 Å². The Morgan fingerprint density at radius 3 is 2.60 bits per heavy atom. The fourth-order valence-corrected chi connectivity index (χ4v) is 0.633. The van der Waals surface area contributed by atoms with Crippen LogP contribution in [0, 0.1) is 0 Å². The van der Waals surface area contributed by atoms with Crippen LogP contribution in [0.15, 0.2) is 47.9 Å². The van der Waals surface area contributed by atoms with E-state index in [2.05, 4.69) is 19.2 Å². The highest BCUT2D eigenvalue weighted by Crippen LogP contribution is 2.01. The third kappa shape index (κ3) is 5.45. The molecule has 10 heavy (non-hydrogen) atoms. The summed E-state index contributed by atoms with van der Waals surface area (Å²) in [6.07, 6.45) is 11.3. The first-order chi connectivity index (χ1) is 4.81. The summed E-state index contributed by atoms with van der Waals surface area (Å²) in [4.78, 5) is 0.910. The Morgan fingerprint density at radius 1 is 1.40 bits per heavy atom. The van der Waals surface area contributed by atoms with Gasteiger partial charge in [-0.15, -0.1) is 12.6 Å². The van der Waals surface area contributed by atoms with Crippen molar-refractivity contribution in [3.63, 3.8) is 0 Å². The van der Waals surface area contributed by atoms with Crippen LogP contribution in [0.3, 0.4) is 0 Å². The lowest BCUT2D eigenvalue weighted by atomic mass is 10.4. The summed E-state index contributed by atoms with van der Waals surface area (Å²) in [5, 5.41) is 0. The summed E-state index contributed by atoms with van der Waals surface area (Å²) in [5.41, 5.74) is 0. The Kier molecular flexibility index (Phi) is 5.99. The van der Waals surface area contributed by atoms with Crippen molar-refractivity contribution in [1.29, 1.82) is 0 Å². The van der Waals surface area contributed by atoms with Gasteiger partial charge in [0.15, 0.2) is 0 Å². The molecule has 1 heteroatoms. The molecule has 0 fully saturated rings. The third-order valence-corrected chi connectivity index (χ3v) is 1.16. The summed E-state index contributed by atoms with van der Waals surface area (Å²) in [5.74, 6) is 0. The van der Waals surface area contributed by atoms with Gasteiger partial charge < -0.3 is 0 Å². The predicted molar refractivity (Wildman–Crippen MR) is 51.2 cm³/mol. The smallest absolute Gasteiger partial charge is 0.00397 e. The lowest BCUT2D eigenvalue weighted by Crippen LogP contribution is -1.58. The third-order valence-electron chi connectivity index (χ3n) is 0.859. The summed E-state index contributed by atoms with van der Waals surface area (Å²) in [7, 11) is 0. The minimum atomic E-state index is 0.910. The van der Waals surface area contributed by atoms with E-state index in [0.29, 0.717) is 0 Å². The normalized spacial score (nSPS) is 13.2. The maximum atomic E-state index is 4.15. The largest absolute Gasteiger partial charge is 0.143 e. The number of hydrogen-bond donors (Lipinski definition) is 1. The van der Waals surface area contributed by atoms with Gasteiger partial charge in [0.05, 0.1) is 0 Å². The number of rotatable bonds is 3. The van der Waals surface area contributed by atoms with Crippen LogP contribution in [-0.2, 0) is 0 Å². The molecule has 0 aromatic rings. The zero-order chi connectivity index (χ0) is 7.82. The fourth-order valence-electron chi connectivity index (χ4n) is 0.442. The molecule has 0 spiro atoms. The molecule has 0 radical (unpaired) electrons. The molecule has 0 aliphatic carbocycles. The van der Waals surface area contributed by atoms with Crippen LogP contribution in [-0.4, -0.2) is 0 Å². The maximum Gasteiger partial charge on any atom is 0.00397 e. The first kappa shape index (κ1) is 9.31. The Morgan fingerprint density at radius 2 is 2.10 bits per heavy atom. The van der Waals surface area contributed by atoms with Gasteiger partial charge in [-0.1, -0.05) is 30.9 Å². The Balaban J connectivity index is 3.88. The standard InChI is InChI=1S/C9H12S/c1-3-5-6-8-9(10)7-4-2/h3-8,10H,2H2,1H3/b5-3-,8-6-,9-7+. The van der Waals surface area contributed by atoms with E-state index < -0.39 is 0 Å². The van der Waals surface area contributed by atoms with Crippen LogP contribution in [0.5, 0.6) is 0 Å². The van der Waals surface area contributed by atoms with E-state index in [1.807, 2.05) is 37.3 Å². The van der Waals surface area contributed by atoms with Gasteiger partial charge in [0.1, 0.15) is 0 Å². The van der Waals surface area contributed by atoms with E-state index in [-0.39, 0.29) is 0 Å². The number of allylic oxidation sites excluding steroid dienone is 6. The molecule has 0 atom stereocenters. The molecule has 0 aliphatic rings. The summed E-state index contributed by atoms with van der Waals surface area (Å²) >= 11 is 4.15. The van der Waals surface area contributed by atoms with Crippen LogP contribution in [0.1, 0.15) is 6.92 Å². The highest BCUT2D eigenvalue weighted by Gasteiger charge is 1.74. The van der Waals surface area contributed by atoms with Crippen LogP contribution in [0.25, 0.3) is 0 Å². The second kappa shape index (κ2) is 6.43. The highest BCUT2D eigenvalue weighted by atomic mass is 32.1. The molecular formula is C9H12S. The van der Waals surface area contributed by atoms with E-state index >= 15 is 0 Å². The van der Waals surface area contributed by atoms with Crippen molar-refractivity contribution in [2.75, 3.05) is 0 Å². The van der Waals surface area contributed by atoms with E-state index in [9.17, 15) is 0 Å². The van der Waals surface area contributed by atoms with Gasteiger partial charge in [0.2, 0.25) is 0 Å². The van der Waals surface area contributed by atoms with Crippen LogP contribution < -0.4 is 0 Å².